The fraction of sp³-hybridized carbons (Fsp3) is 0.462. The van der Waals surface area contributed by atoms with Crippen LogP contribution in [0.4, 0.5) is 4.39 Å². The Morgan fingerprint density at radius 1 is 0.778 bits per heavy atom. The van der Waals surface area contributed by atoms with Gasteiger partial charge >= 0.3 is 5.63 Å². The zero-order valence-electron chi connectivity index (χ0n) is 26.4. The van der Waals surface area contributed by atoms with E-state index in [4.69, 9.17) is 13.9 Å². The van der Waals surface area contributed by atoms with Crippen molar-refractivity contribution in [3.8, 4) is 22.6 Å². The summed E-state index contributed by atoms with van der Waals surface area (Å²) in [5.41, 5.74) is 3.05. The van der Waals surface area contributed by atoms with Crippen molar-refractivity contribution in [1.29, 1.82) is 0 Å². The molecule has 0 bridgehead atoms. The summed E-state index contributed by atoms with van der Waals surface area (Å²) in [6, 6.07) is 19.9. The first-order valence-corrected chi connectivity index (χ1v) is 17.0. The number of piperidine rings is 1. The molecule has 4 aromatic rings. The minimum Gasteiger partial charge on any atom is -0.494 e. The Morgan fingerprint density at radius 3 is 2.27 bits per heavy atom. The molecule has 2 fully saturated rings. The van der Waals surface area contributed by atoms with E-state index in [-0.39, 0.29) is 5.82 Å². The van der Waals surface area contributed by atoms with E-state index >= 15 is 0 Å². The third-order valence-corrected chi connectivity index (χ3v) is 9.55. The maximum absolute atomic E-state index is 13.8. The van der Waals surface area contributed by atoms with Gasteiger partial charge in [-0.05, 0) is 104 Å². The maximum atomic E-state index is 13.8. The summed E-state index contributed by atoms with van der Waals surface area (Å²) in [7, 11) is 0. The van der Waals surface area contributed by atoms with Crippen LogP contribution in [0.3, 0.4) is 0 Å². The highest BCUT2D eigenvalue weighted by atomic mass is 19.1. The highest BCUT2D eigenvalue weighted by molar-refractivity contribution is 5.88. The predicted octanol–water partition coefficient (Wildman–Crippen LogP) is 9.18. The van der Waals surface area contributed by atoms with E-state index in [0.717, 1.165) is 60.8 Å². The number of hydrogen-bond acceptors (Lipinski definition) is 5. The second kappa shape index (κ2) is 15.6. The number of likely N-dealkylation sites (tertiary alicyclic amines) is 1. The van der Waals surface area contributed by atoms with Crippen molar-refractivity contribution in [3.63, 3.8) is 0 Å². The van der Waals surface area contributed by atoms with Crippen LogP contribution in [-0.4, -0.2) is 37.7 Å². The molecule has 3 aromatic carbocycles. The average Bonchev–Trinajstić information content (AvgIpc) is 3.07. The summed E-state index contributed by atoms with van der Waals surface area (Å²) in [6.45, 7) is 4.45. The van der Waals surface area contributed by atoms with Crippen LogP contribution in [-0.2, 0) is 6.42 Å². The molecule has 1 aliphatic heterocycles. The number of halogens is 1. The largest absolute Gasteiger partial charge is 0.494 e. The van der Waals surface area contributed by atoms with Gasteiger partial charge in [-0.1, -0.05) is 69.2 Å². The monoisotopic (exact) mass is 611 g/mol. The molecule has 2 aliphatic rings. The molecule has 0 spiro atoms. The zero-order valence-corrected chi connectivity index (χ0v) is 26.4. The molecular weight excluding hydrogens is 565 g/mol. The van der Waals surface area contributed by atoms with Crippen molar-refractivity contribution < 1.29 is 18.3 Å². The maximum Gasteiger partial charge on any atom is 0.344 e. The van der Waals surface area contributed by atoms with Crippen molar-refractivity contribution in [1.82, 2.24) is 4.90 Å². The van der Waals surface area contributed by atoms with E-state index in [1.165, 1.54) is 76.3 Å². The normalized spacial score (nSPS) is 16.2. The van der Waals surface area contributed by atoms with Crippen LogP contribution in [0.25, 0.3) is 22.1 Å². The first-order chi connectivity index (χ1) is 22.1. The molecule has 45 heavy (non-hydrogen) atoms. The van der Waals surface area contributed by atoms with Gasteiger partial charge in [0.1, 0.15) is 29.5 Å². The molecular formula is C39H46FNO4. The molecule has 1 aromatic heterocycles. The smallest absolute Gasteiger partial charge is 0.344 e. The summed E-state index contributed by atoms with van der Waals surface area (Å²) < 4.78 is 31.8. The summed E-state index contributed by atoms with van der Waals surface area (Å²) in [5, 5.41) is 0.843. The minimum absolute atomic E-state index is 0.346. The van der Waals surface area contributed by atoms with Gasteiger partial charge in [-0.3, -0.25) is 4.90 Å². The van der Waals surface area contributed by atoms with Gasteiger partial charge in [0.15, 0.2) is 0 Å². The number of fused-ring (bicyclic) bond motifs is 1. The Labute approximate surface area is 266 Å². The van der Waals surface area contributed by atoms with E-state index in [1.54, 1.807) is 12.1 Å². The SMILES string of the molecule is O=c1oc2cc(OCCN3CCCCC3)ccc2c(Cc2ccc(OCCCCC3CCCCC3)cc2)c1-c1ccc(F)cc1. The van der Waals surface area contributed by atoms with Gasteiger partial charge in [-0.15, -0.1) is 0 Å². The number of rotatable bonds is 13. The van der Waals surface area contributed by atoms with Gasteiger partial charge in [-0.2, -0.15) is 0 Å². The topological polar surface area (TPSA) is 51.9 Å². The van der Waals surface area contributed by atoms with Crippen LogP contribution in [0.2, 0.25) is 0 Å². The van der Waals surface area contributed by atoms with Gasteiger partial charge in [0.25, 0.3) is 0 Å². The highest BCUT2D eigenvalue weighted by Gasteiger charge is 2.19. The standard InChI is InChI=1S/C39H46FNO4/c40-32-16-14-31(15-17-32)38-36(27-30-12-18-33(19-13-30)43-25-8-5-11-29-9-3-1-4-10-29)35-21-20-34(28-37(35)45-39(38)42)44-26-24-41-22-6-2-7-23-41/h12-21,28-29H,1-11,22-27H2. The molecule has 2 heterocycles. The molecule has 1 saturated carbocycles. The highest BCUT2D eigenvalue weighted by Crippen LogP contribution is 2.32. The third-order valence-electron chi connectivity index (χ3n) is 9.55. The van der Waals surface area contributed by atoms with E-state index in [9.17, 15) is 9.18 Å². The minimum atomic E-state index is -0.442. The summed E-state index contributed by atoms with van der Waals surface area (Å²) in [5.74, 6) is 2.11. The van der Waals surface area contributed by atoms with Gasteiger partial charge in [0.05, 0.1) is 12.2 Å². The molecule has 0 radical (unpaired) electrons. The summed E-state index contributed by atoms with van der Waals surface area (Å²) in [4.78, 5) is 15.9. The summed E-state index contributed by atoms with van der Waals surface area (Å²) in [6.07, 6.45) is 15.0. The lowest BCUT2D eigenvalue weighted by atomic mass is 9.86. The Hall–Kier alpha value is -3.64. The van der Waals surface area contributed by atoms with Gasteiger partial charge in [0.2, 0.25) is 0 Å². The zero-order chi connectivity index (χ0) is 30.8. The molecule has 1 aliphatic carbocycles. The molecule has 6 heteroatoms. The average molecular weight is 612 g/mol. The number of hydrogen-bond donors (Lipinski definition) is 0. The molecule has 238 valence electrons. The van der Waals surface area contributed by atoms with Crippen molar-refractivity contribution in [2.24, 2.45) is 5.92 Å². The fourth-order valence-corrected chi connectivity index (χ4v) is 7.01. The first kappa shape index (κ1) is 31.3. The molecule has 1 saturated heterocycles. The lowest BCUT2D eigenvalue weighted by Gasteiger charge is -2.26. The molecule has 0 N–H and O–H groups in total. The molecule has 6 rings (SSSR count). The Kier molecular flexibility index (Phi) is 10.8. The van der Waals surface area contributed by atoms with E-state index in [0.29, 0.717) is 35.5 Å². The Morgan fingerprint density at radius 2 is 1.49 bits per heavy atom. The fourth-order valence-electron chi connectivity index (χ4n) is 7.01. The van der Waals surface area contributed by atoms with Gasteiger partial charge in [-0.25, -0.2) is 9.18 Å². The van der Waals surface area contributed by atoms with Crippen molar-refractivity contribution >= 4 is 11.0 Å². The van der Waals surface area contributed by atoms with Crippen LogP contribution < -0.4 is 15.1 Å². The first-order valence-electron chi connectivity index (χ1n) is 17.0. The summed E-state index contributed by atoms with van der Waals surface area (Å²) >= 11 is 0. The van der Waals surface area contributed by atoms with Gasteiger partial charge in [0, 0.05) is 18.0 Å². The van der Waals surface area contributed by atoms with Crippen LogP contribution in [0.1, 0.15) is 81.8 Å². The second-order valence-corrected chi connectivity index (χ2v) is 12.8. The van der Waals surface area contributed by atoms with E-state index in [1.807, 2.05) is 30.3 Å². The molecule has 5 nitrogen and oxygen atoms in total. The third kappa shape index (κ3) is 8.55. The number of benzene rings is 3. The quantitative estimate of drug-likeness (QED) is 0.111. The van der Waals surface area contributed by atoms with Crippen LogP contribution >= 0.6 is 0 Å². The number of ether oxygens (including phenoxy) is 2. The lowest BCUT2D eigenvalue weighted by molar-refractivity contribution is 0.183. The lowest BCUT2D eigenvalue weighted by Crippen LogP contribution is -2.33. The van der Waals surface area contributed by atoms with Crippen LogP contribution in [0.5, 0.6) is 11.5 Å². The number of nitrogens with zero attached hydrogens (tertiary/aromatic N) is 1. The van der Waals surface area contributed by atoms with Crippen molar-refractivity contribution in [3.05, 3.63) is 94.1 Å². The van der Waals surface area contributed by atoms with E-state index in [2.05, 4.69) is 17.0 Å². The van der Waals surface area contributed by atoms with Crippen molar-refractivity contribution in [2.75, 3.05) is 32.8 Å². The van der Waals surface area contributed by atoms with Crippen LogP contribution in [0.15, 0.2) is 75.9 Å². The van der Waals surface area contributed by atoms with Crippen LogP contribution in [0, 0.1) is 11.7 Å². The second-order valence-electron chi connectivity index (χ2n) is 12.8. The Bertz CT molecular complexity index is 1570. The van der Waals surface area contributed by atoms with E-state index < -0.39 is 5.63 Å². The number of unbranched alkanes of at least 4 members (excludes halogenated alkanes) is 1. The molecule has 0 unspecified atom stereocenters. The van der Waals surface area contributed by atoms with Crippen molar-refractivity contribution in [2.45, 2.75) is 77.0 Å². The Balaban J connectivity index is 1.16. The predicted molar refractivity (Wildman–Crippen MR) is 179 cm³/mol. The van der Waals surface area contributed by atoms with Gasteiger partial charge < -0.3 is 13.9 Å². The molecule has 0 amide bonds. The molecule has 0 atom stereocenters.